The maximum atomic E-state index is 13.2. The monoisotopic (exact) mass is 365 g/mol. The summed E-state index contributed by atoms with van der Waals surface area (Å²) < 4.78 is 1.73. The molecular formula is C21H23N3O3. The molecule has 27 heavy (non-hydrogen) atoms. The normalized spacial score (nSPS) is 24.5. The molecule has 1 amide bonds. The van der Waals surface area contributed by atoms with Crippen molar-refractivity contribution >= 4 is 5.91 Å². The zero-order valence-corrected chi connectivity index (χ0v) is 15.1. The molecule has 1 aromatic heterocycles. The van der Waals surface area contributed by atoms with Gasteiger partial charge in [-0.25, -0.2) is 0 Å². The van der Waals surface area contributed by atoms with E-state index < -0.39 is 11.2 Å². The topological polar surface area (TPSA) is 65.8 Å². The van der Waals surface area contributed by atoms with Crippen LogP contribution in [0.1, 0.15) is 54.2 Å². The van der Waals surface area contributed by atoms with E-state index in [1.807, 2.05) is 23.1 Å². The Balaban J connectivity index is 1.67. The molecular weight excluding hydrogens is 342 g/mol. The van der Waals surface area contributed by atoms with Gasteiger partial charge in [0.1, 0.15) is 6.17 Å². The van der Waals surface area contributed by atoms with Gasteiger partial charge in [-0.1, -0.05) is 30.3 Å². The van der Waals surface area contributed by atoms with Crippen LogP contribution in [0.4, 0.5) is 0 Å². The lowest BCUT2D eigenvalue weighted by molar-refractivity contribution is 0.0461. The van der Waals surface area contributed by atoms with Crippen LogP contribution in [0.2, 0.25) is 0 Å². The van der Waals surface area contributed by atoms with Crippen LogP contribution in [-0.2, 0) is 0 Å². The molecule has 0 radical (unpaired) electrons. The van der Waals surface area contributed by atoms with E-state index in [-0.39, 0.29) is 23.8 Å². The molecule has 140 valence electrons. The Labute approximate surface area is 157 Å². The molecule has 3 heterocycles. The second-order valence-electron chi connectivity index (χ2n) is 7.84. The third-order valence-corrected chi connectivity index (χ3v) is 6.03. The highest BCUT2D eigenvalue weighted by molar-refractivity contribution is 5.96. The van der Waals surface area contributed by atoms with Gasteiger partial charge in [0, 0.05) is 18.8 Å². The largest absolute Gasteiger partial charge is 0.502 e. The Morgan fingerprint density at radius 3 is 2.52 bits per heavy atom. The number of benzene rings is 1. The molecule has 1 aliphatic carbocycles. The van der Waals surface area contributed by atoms with E-state index in [0.29, 0.717) is 12.5 Å². The fourth-order valence-electron chi connectivity index (χ4n) is 4.52. The lowest BCUT2D eigenvalue weighted by Gasteiger charge is -2.52. The van der Waals surface area contributed by atoms with Gasteiger partial charge >= 0.3 is 0 Å². The number of amides is 1. The Bertz CT molecular complexity index is 935. The maximum absolute atomic E-state index is 13.2. The summed E-state index contributed by atoms with van der Waals surface area (Å²) in [6.45, 7) is 0.698. The minimum absolute atomic E-state index is 0.0496. The van der Waals surface area contributed by atoms with Crippen LogP contribution in [0.5, 0.6) is 5.75 Å². The average Bonchev–Trinajstić information content (AvgIpc) is 3.51. The fraction of sp³-hybridized carbons (Fsp3) is 0.429. The summed E-state index contributed by atoms with van der Waals surface area (Å²) in [7, 11) is 0. The van der Waals surface area contributed by atoms with Crippen molar-refractivity contribution in [2.24, 2.45) is 5.92 Å². The molecule has 1 saturated carbocycles. The predicted molar refractivity (Wildman–Crippen MR) is 101 cm³/mol. The van der Waals surface area contributed by atoms with E-state index in [1.165, 1.54) is 11.6 Å². The van der Waals surface area contributed by atoms with Gasteiger partial charge in [0.25, 0.3) is 5.91 Å². The first-order valence-electron chi connectivity index (χ1n) is 9.74. The van der Waals surface area contributed by atoms with Crippen molar-refractivity contribution in [3.63, 3.8) is 0 Å². The molecule has 5 rings (SSSR count). The van der Waals surface area contributed by atoms with Crippen molar-refractivity contribution in [1.82, 2.24) is 9.58 Å². The Morgan fingerprint density at radius 1 is 1.00 bits per heavy atom. The van der Waals surface area contributed by atoms with Crippen molar-refractivity contribution in [2.45, 2.75) is 44.3 Å². The molecule has 0 spiro atoms. The molecule has 2 aliphatic heterocycles. The molecule has 2 aromatic rings. The molecule has 2 unspecified atom stereocenters. The minimum atomic E-state index is -0.507. The summed E-state index contributed by atoms with van der Waals surface area (Å²) in [5.74, 6) is -0.136. The first-order valence-corrected chi connectivity index (χ1v) is 9.74. The summed E-state index contributed by atoms with van der Waals surface area (Å²) in [6, 6.07) is 11.7. The smallest absolute Gasteiger partial charge is 0.278 e. The van der Waals surface area contributed by atoms with E-state index in [9.17, 15) is 14.7 Å². The number of pyridine rings is 1. The molecule has 1 aromatic carbocycles. The molecule has 2 fully saturated rings. The number of rotatable bonds is 3. The minimum Gasteiger partial charge on any atom is -0.502 e. The number of hydrogen-bond acceptors (Lipinski definition) is 4. The van der Waals surface area contributed by atoms with Crippen LogP contribution < -0.4 is 10.4 Å². The van der Waals surface area contributed by atoms with Gasteiger partial charge in [0.05, 0.1) is 6.04 Å². The van der Waals surface area contributed by atoms with Crippen LogP contribution in [0.25, 0.3) is 0 Å². The first-order chi connectivity index (χ1) is 13.1. The zero-order chi connectivity index (χ0) is 18.5. The van der Waals surface area contributed by atoms with E-state index in [1.54, 1.807) is 10.9 Å². The van der Waals surface area contributed by atoms with Crippen LogP contribution in [0.15, 0.2) is 47.4 Å². The molecule has 3 aliphatic rings. The van der Waals surface area contributed by atoms with E-state index >= 15 is 0 Å². The third-order valence-electron chi connectivity index (χ3n) is 6.03. The van der Waals surface area contributed by atoms with Crippen LogP contribution in [0, 0.1) is 5.92 Å². The second-order valence-corrected chi connectivity index (χ2v) is 7.84. The number of piperidine rings is 1. The Morgan fingerprint density at radius 2 is 1.78 bits per heavy atom. The van der Waals surface area contributed by atoms with Gasteiger partial charge in [-0.2, -0.15) is 0 Å². The number of hydrogen-bond donors (Lipinski definition) is 1. The summed E-state index contributed by atoms with van der Waals surface area (Å²) >= 11 is 0. The van der Waals surface area contributed by atoms with Gasteiger partial charge in [-0.15, -0.1) is 0 Å². The first kappa shape index (κ1) is 16.4. The maximum Gasteiger partial charge on any atom is 0.278 e. The summed E-state index contributed by atoms with van der Waals surface area (Å²) in [5.41, 5.74) is 0.780. The number of aromatic hydroxyl groups is 1. The van der Waals surface area contributed by atoms with Crippen molar-refractivity contribution < 1.29 is 9.90 Å². The molecule has 2 atom stereocenters. The molecule has 6 nitrogen and oxygen atoms in total. The Hall–Kier alpha value is -2.76. The number of carbonyl (C=O) groups is 1. The lowest BCUT2D eigenvalue weighted by atomic mass is 9.93. The summed E-state index contributed by atoms with van der Waals surface area (Å²) in [5, 5.41) is 12.6. The predicted octanol–water partition coefficient (Wildman–Crippen LogP) is 2.61. The van der Waals surface area contributed by atoms with Crippen molar-refractivity contribution in [2.75, 3.05) is 11.6 Å². The van der Waals surface area contributed by atoms with E-state index in [0.717, 1.165) is 32.1 Å². The Kier molecular flexibility index (Phi) is 3.74. The second kappa shape index (κ2) is 6.15. The molecule has 1 saturated heterocycles. The van der Waals surface area contributed by atoms with E-state index in [2.05, 4.69) is 17.1 Å². The SMILES string of the molecule is O=C1c2c(O)c(=O)ccn2N2C(c3ccccc3)CCCC2N1CC1CC1. The van der Waals surface area contributed by atoms with Gasteiger partial charge in [-0.05, 0) is 43.6 Å². The van der Waals surface area contributed by atoms with Gasteiger partial charge in [-0.3, -0.25) is 19.3 Å². The standard InChI is InChI=1S/C21H23N3O3/c25-17-11-12-23-19(20(17)26)21(27)22(13-14-9-10-14)18-8-4-7-16(24(18)23)15-5-2-1-3-6-15/h1-3,5-6,11-12,14,16,18,26H,4,7-10,13H2. The summed E-state index contributed by atoms with van der Waals surface area (Å²) in [6.07, 6.45) is 6.78. The number of carbonyl (C=O) groups excluding carboxylic acids is 1. The zero-order valence-electron chi connectivity index (χ0n) is 15.1. The number of nitrogens with zero attached hydrogens (tertiary/aromatic N) is 3. The van der Waals surface area contributed by atoms with Crippen LogP contribution in [0.3, 0.4) is 0 Å². The highest BCUT2D eigenvalue weighted by Gasteiger charge is 2.45. The number of fused-ring (bicyclic) bond motifs is 3. The average molecular weight is 365 g/mol. The fourth-order valence-corrected chi connectivity index (χ4v) is 4.52. The van der Waals surface area contributed by atoms with Crippen molar-refractivity contribution in [1.29, 1.82) is 0 Å². The molecule has 0 bridgehead atoms. The quantitative estimate of drug-likeness (QED) is 0.908. The highest BCUT2D eigenvalue weighted by Crippen LogP contribution is 2.40. The van der Waals surface area contributed by atoms with Gasteiger partial charge in [0.15, 0.2) is 11.4 Å². The van der Waals surface area contributed by atoms with Crippen LogP contribution >= 0.6 is 0 Å². The third kappa shape index (κ3) is 2.62. The van der Waals surface area contributed by atoms with Gasteiger partial charge < -0.3 is 10.0 Å². The summed E-state index contributed by atoms with van der Waals surface area (Å²) in [4.78, 5) is 27.2. The lowest BCUT2D eigenvalue weighted by Crippen LogP contribution is -2.63. The van der Waals surface area contributed by atoms with Crippen molar-refractivity contribution in [3.05, 3.63) is 64.1 Å². The van der Waals surface area contributed by atoms with Gasteiger partial charge in [0.2, 0.25) is 5.43 Å². The van der Waals surface area contributed by atoms with E-state index in [4.69, 9.17) is 0 Å². The molecule has 1 N–H and O–H groups in total. The number of aromatic nitrogens is 1. The highest BCUT2D eigenvalue weighted by atomic mass is 16.3. The molecule has 6 heteroatoms. The van der Waals surface area contributed by atoms with Crippen molar-refractivity contribution in [3.8, 4) is 5.75 Å². The van der Waals surface area contributed by atoms with Crippen LogP contribution in [-0.4, -0.2) is 33.3 Å².